The topological polar surface area (TPSA) is 151 Å². The summed E-state index contributed by atoms with van der Waals surface area (Å²) < 4.78 is 32.9. The van der Waals surface area contributed by atoms with Crippen LogP contribution in [0.2, 0.25) is 0 Å². The van der Waals surface area contributed by atoms with Crippen molar-refractivity contribution in [3.05, 3.63) is 68.3 Å². The lowest BCUT2D eigenvalue weighted by Crippen LogP contribution is -2.50. The van der Waals surface area contributed by atoms with Gasteiger partial charge in [0.25, 0.3) is 11.5 Å². The molecule has 1 aromatic carbocycles. The maximum Gasteiger partial charge on any atom is 0.263 e. The minimum absolute atomic E-state index is 0.0565. The van der Waals surface area contributed by atoms with Gasteiger partial charge < -0.3 is 30.9 Å². The second-order valence-electron chi connectivity index (χ2n) is 13.1. The number of allylic oxidation sites excluding steroid dienone is 1. The van der Waals surface area contributed by atoms with E-state index >= 15 is 4.39 Å². The third kappa shape index (κ3) is 5.73. The van der Waals surface area contributed by atoms with Gasteiger partial charge in [-0.3, -0.25) is 23.9 Å². The summed E-state index contributed by atoms with van der Waals surface area (Å²) in [6.07, 6.45) is 6.88. The van der Waals surface area contributed by atoms with Crippen molar-refractivity contribution < 1.29 is 23.5 Å². The highest BCUT2D eigenvalue weighted by atomic mass is 35.5. The molecule has 7 rings (SSSR count). The van der Waals surface area contributed by atoms with Crippen LogP contribution in [-0.4, -0.2) is 80.1 Å². The van der Waals surface area contributed by atoms with E-state index in [1.807, 2.05) is 0 Å². The molecule has 1 aliphatic carbocycles. The average Bonchev–Trinajstić information content (AvgIpc) is 3.40. The molecule has 0 radical (unpaired) electrons. The van der Waals surface area contributed by atoms with Crippen LogP contribution in [0.25, 0.3) is 22.2 Å². The fourth-order valence-corrected chi connectivity index (χ4v) is 6.86. The fraction of sp³-hybridized carbons (Fsp3) is 0.438. The minimum Gasteiger partial charge on any atom is -0.504 e. The number of aryl methyl sites for hydroxylation is 1. The molecule has 0 unspecified atom stereocenters. The Morgan fingerprint density at radius 3 is 2.60 bits per heavy atom. The minimum atomic E-state index is -1.68. The van der Waals surface area contributed by atoms with E-state index in [1.54, 1.807) is 6.08 Å². The predicted molar refractivity (Wildman–Crippen MR) is 170 cm³/mol. The lowest BCUT2D eigenvalue weighted by molar-refractivity contribution is -0.120. The van der Waals surface area contributed by atoms with Crippen molar-refractivity contribution in [2.45, 2.75) is 45.7 Å². The van der Waals surface area contributed by atoms with Crippen molar-refractivity contribution >= 4 is 34.4 Å². The molecule has 15 heteroatoms. The van der Waals surface area contributed by atoms with Crippen LogP contribution < -0.4 is 21.9 Å². The quantitative estimate of drug-likeness (QED) is 0.286. The van der Waals surface area contributed by atoms with Gasteiger partial charge in [0, 0.05) is 69.1 Å². The van der Waals surface area contributed by atoms with Gasteiger partial charge >= 0.3 is 0 Å². The molecule has 1 saturated heterocycles. The SMILES string of the molecule is CC1(CN2CCN(C3=CC(NC(=O)Cn4cc(-c5cc(C(N)=O)c(O)c(F)c5F)c5c(=O)n6c(nc54)CCC6)=C(Cl)CN3)CC2)CC1. The van der Waals surface area contributed by atoms with Crippen LogP contribution in [0, 0.1) is 17.0 Å². The van der Waals surface area contributed by atoms with Gasteiger partial charge in [0.2, 0.25) is 11.7 Å². The number of hydrogen-bond acceptors (Lipinski definition) is 8. The number of dihydropyridines is 1. The van der Waals surface area contributed by atoms with E-state index in [0.717, 1.165) is 44.6 Å². The lowest BCUT2D eigenvalue weighted by Gasteiger charge is -2.39. The molecule has 2 amide bonds. The summed E-state index contributed by atoms with van der Waals surface area (Å²) in [5.41, 5.74) is 4.57. The third-order valence-corrected chi connectivity index (χ3v) is 9.92. The Morgan fingerprint density at radius 2 is 1.89 bits per heavy atom. The zero-order chi connectivity index (χ0) is 33.2. The standard InChI is InChI=1S/C32H35ClF2N8O4/c1-32(4-5-32)16-40-7-9-41(10-8-40)23-12-21(20(33)13-37-23)38-24(44)15-42-14-19(17-11-18(29(36)46)28(45)27(35)26(17)34)25-30(42)39-22-3-2-6-43(22)31(25)47/h11-12,14,37,45H,2-10,13,15-16H2,1H3,(H2,36,46)(H,38,44). The molecule has 1 saturated carbocycles. The van der Waals surface area contributed by atoms with Crippen LogP contribution >= 0.6 is 11.6 Å². The number of carbonyl (C=O) groups is 2. The summed E-state index contributed by atoms with van der Waals surface area (Å²) in [4.78, 5) is 48.4. The van der Waals surface area contributed by atoms with E-state index < -0.39 is 45.9 Å². The number of aromatic nitrogens is 3. The van der Waals surface area contributed by atoms with Crippen molar-refractivity contribution in [2.24, 2.45) is 11.1 Å². The fourth-order valence-electron chi connectivity index (χ4n) is 6.69. The third-order valence-electron chi connectivity index (χ3n) is 9.58. The van der Waals surface area contributed by atoms with Crippen LogP contribution in [0.15, 0.2) is 39.7 Å². The molecule has 5 N–H and O–H groups in total. The van der Waals surface area contributed by atoms with Gasteiger partial charge in [0.05, 0.1) is 28.2 Å². The van der Waals surface area contributed by atoms with Crippen molar-refractivity contribution in [3.63, 3.8) is 0 Å². The van der Waals surface area contributed by atoms with Gasteiger partial charge in [-0.05, 0) is 30.7 Å². The number of rotatable bonds is 8. The van der Waals surface area contributed by atoms with Gasteiger partial charge in [0.1, 0.15) is 23.8 Å². The Balaban J connectivity index is 1.17. The molecule has 4 aliphatic rings. The molecular formula is C32H35ClF2N8O4. The Labute approximate surface area is 273 Å². The molecule has 0 spiro atoms. The van der Waals surface area contributed by atoms with Crippen LogP contribution in [0.5, 0.6) is 5.75 Å². The number of primary amides is 1. The van der Waals surface area contributed by atoms with Crippen LogP contribution in [0.3, 0.4) is 0 Å². The Morgan fingerprint density at radius 1 is 1.15 bits per heavy atom. The van der Waals surface area contributed by atoms with Crippen molar-refractivity contribution in [2.75, 3.05) is 39.3 Å². The smallest absolute Gasteiger partial charge is 0.263 e. The van der Waals surface area contributed by atoms with Crippen LogP contribution in [0.1, 0.15) is 42.4 Å². The number of nitrogens with one attached hydrogen (secondary N) is 2. The number of phenols is 1. The number of piperazine rings is 1. The Bertz CT molecular complexity index is 1960. The summed E-state index contributed by atoms with van der Waals surface area (Å²) in [5.74, 6) is -4.70. The number of hydrogen-bond donors (Lipinski definition) is 4. The van der Waals surface area contributed by atoms with E-state index in [9.17, 15) is 23.9 Å². The largest absolute Gasteiger partial charge is 0.504 e. The van der Waals surface area contributed by atoms with E-state index in [2.05, 4.69) is 32.3 Å². The van der Waals surface area contributed by atoms with Crippen molar-refractivity contribution in [1.82, 2.24) is 34.6 Å². The molecule has 3 aromatic rings. The molecular weight excluding hydrogens is 634 g/mol. The summed E-state index contributed by atoms with van der Waals surface area (Å²) in [5, 5.41) is 16.5. The normalized spacial score (nSPS) is 19.1. The summed E-state index contributed by atoms with van der Waals surface area (Å²) in [6, 6.07) is 0.893. The number of benzene rings is 1. The number of amides is 2. The maximum absolute atomic E-state index is 15.3. The number of aromatic hydroxyl groups is 1. The van der Waals surface area contributed by atoms with Crippen molar-refractivity contribution in [1.29, 1.82) is 0 Å². The highest BCUT2D eigenvalue weighted by Gasteiger charge is 2.39. The van der Waals surface area contributed by atoms with E-state index in [1.165, 1.54) is 28.2 Å². The number of carbonyl (C=O) groups excluding carboxylic acids is 2. The van der Waals surface area contributed by atoms with E-state index in [-0.39, 0.29) is 23.1 Å². The first kappa shape index (κ1) is 31.2. The van der Waals surface area contributed by atoms with Crippen LogP contribution in [-0.2, 0) is 24.3 Å². The first-order valence-corrected chi connectivity index (χ1v) is 16.1. The van der Waals surface area contributed by atoms with Crippen LogP contribution in [0.4, 0.5) is 8.78 Å². The van der Waals surface area contributed by atoms with Crippen molar-refractivity contribution in [3.8, 4) is 16.9 Å². The Kier molecular flexibility index (Phi) is 7.74. The zero-order valence-corrected chi connectivity index (χ0v) is 26.6. The number of fused-ring (bicyclic) bond motifs is 2. The highest BCUT2D eigenvalue weighted by molar-refractivity contribution is 6.30. The number of halogens is 3. The van der Waals surface area contributed by atoms with Gasteiger partial charge in [-0.1, -0.05) is 18.5 Å². The molecule has 0 atom stereocenters. The first-order chi connectivity index (χ1) is 22.4. The zero-order valence-electron chi connectivity index (χ0n) is 25.8. The predicted octanol–water partition coefficient (Wildman–Crippen LogP) is 2.32. The van der Waals surface area contributed by atoms with Gasteiger partial charge in [0.15, 0.2) is 11.6 Å². The maximum atomic E-state index is 15.3. The molecule has 2 aromatic heterocycles. The molecule has 12 nitrogen and oxygen atoms in total. The monoisotopic (exact) mass is 668 g/mol. The molecule has 47 heavy (non-hydrogen) atoms. The van der Waals surface area contributed by atoms with Gasteiger partial charge in [-0.2, -0.15) is 4.39 Å². The van der Waals surface area contributed by atoms with Gasteiger partial charge in [-0.25, -0.2) is 9.37 Å². The molecule has 2 fully saturated rings. The second-order valence-corrected chi connectivity index (χ2v) is 13.6. The Hall–Kier alpha value is -4.43. The molecule has 5 heterocycles. The molecule has 248 valence electrons. The van der Waals surface area contributed by atoms with E-state index in [4.69, 9.17) is 17.3 Å². The first-order valence-electron chi connectivity index (χ1n) is 15.7. The molecule has 0 bridgehead atoms. The summed E-state index contributed by atoms with van der Waals surface area (Å²) >= 11 is 6.52. The lowest BCUT2D eigenvalue weighted by atomic mass is 10.0. The highest BCUT2D eigenvalue weighted by Crippen LogP contribution is 2.45. The summed E-state index contributed by atoms with van der Waals surface area (Å²) in [6.45, 7) is 7.39. The molecule has 3 aliphatic heterocycles. The number of nitrogens with zero attached hydrogens (tertiary/aromatic N) is 5. The number of nitrogens with two attached hydrogens (primary N) is 1. The second kappa shape index (κ2) is 11.7. The van der Waals surface area contributed by atoms with Gasteiger partial charge in [-0.15, -0.1) is 0 Å². The van der Waals surface area contributed by atoms with E-state index in [0.29, 0.717) is 47.9 Å². The average molecular weight is 669 g/mol. The summed E-state index contributed by atoms with van der Waals surface area (Å²) in [7, 11) is 0.